The molecule has 140 valence electrons. The predicted octanol–water partition coefficient (Wildman–Crippen LogP) is 3.36. The molecule has 0 aliphatic heterocycles. The first kappa shape index (κ1) is 23.2. The van der Waals surface area contributed by atoms with E-state index in [1.807, 2.05) is 10.8 Å². The predicted molar refractivity (Wildman–Crippen MR) is 101 cm³/mol. The van der Waals surface area contributed by atoms with Crippen LogP contribution in [-0.2, 0) is 6.54 Å². The number of unbranched alkanes of at least 4 members (excludes halogenated alkanes) is 13. The topological polar surface area (TPSA) is 8.81 Å². The van der Waals surface area contributed by atoms with Gasteiger partial charge in [0, 0.05) is 0 Å². The van der Waals surface area contributed by atoms with E-state index in [0.29, 0.717) is 0 Å². The van der Waals surface area contributed by atoms with Gasteiger partial charge < -0.3 is 12.4 Å². The third kappa shape index (κ3) is 12.6. The fraction of sp³-hybridized carbons (Fsp3) is 0.762. The largest absolute Gasteiger partial charge is 1.00 e. The van der Waals surface area contributed by atoms with Crippen LogP contribution < -0.4 is 17.0 Å². The summed E-state index contributed by atoms with van der Waals surface area (Å²) in [5, 5.41) is 0. The fourth-order valence-corrected chi connectivity index (χ4v) is 3.14. The molecule has 1 aromatic rings. The Balaban J connectivity index is 0.00000529. The normalized spacial score (nSPS) is 10.5. The average molecular weight is 355 g/mol. The van der Waals surface area contributed by atoms with Crippen LogP contribution in [0.25, 0.3) is 6.20 Å². The van der Waals surface area contributed by atoms with Gasteiger partial charge in [-0.2, -0.15) is 0 Å². The molecule has 0 aliphatic rings. The van der Waals surface area contributed by atoms with E-state index in [0.717, 1.165) is 6.54 Å². The molecule has 3 heteroatoms. The molecule has 24 heavy (non-hydrogen) atoms. The quantitative estimate of drug-likeness (QED) is 0.318. The first-order chi connectivity index (χ1) is 11.4. The maximum atomic E-state index is 3.77. The van der Waals surface area contributed by atoms with Crippen LogP contribution in [0.3, 0.4) is 0 Å². The van der Waals surface area contributed by atoms with Gasteiger partial charge in [0.2, 0.25) is 6.33 Å². The highest BCUT2D eigenvalue weighted by atomic mass is 35.5. The van der Waals surface area contributed by atoms with Gasteiger partial charge in [-0.1, -0.05) is 90.6 Å². The van der Waals surface area contributed by atoms with Crippen LogP contribution in [0.1, 0.15) is 96.8 Å². The lowest BCUT2D eigenvalue weighted by Crippen LogP contribution is -3.00. The van der Waals surface area contributed by atoms with E-state index < -0.39 is 0 Å². The summed E-state index contributed by atoms with van der Waals surface area (Å²) in [7, 11) is 0. The SMILES string of the molecule is C=Cn1cc[n+](CCCCCCCCCCCCCCCC)c1.[Cl-]. The third-order valence-corrected chi connectivity index (χ3v) is 4.69. The van der Waals surface area contributed by atoms with E-state index in [1.54, 1.807) is 0 Å². The number of imidazole rings is 1. The van der Waals surface area contributed by atoms with Crippen molar-refractivity contribution in [1.82, 2.24) is 4.57 Å². The first-order valence-corrected chi connectivity index (χ1v) is 10.1. The fourth-order valence-electron chi connectivity index (χ4n) is 3.14. The van der Waals surface area contributed by atoms with E-state index >= 15 is 0 Å². The molecule has 0 saturated heterocycles. The number of halogens is 1. The van der Waals surface area contributed by atoms with Crippen LogP contribution in [0.15, 0.2) is 25.3 Å². The summed E-state index contributed by atoms with van der Waals surface area (Å²) in [5.41, 5.74) is 0. The summed E-state index contributed by atoms with van der Waals surface area (Å²) in [6.07, 6.45) is 28.0. The summed E-state index contributed by atoms with van der Waals surface area (Å²) < 4.78 is 4.26. The zero-order chi connectivity index (χ0) is 16.6. The Kier molecular flexibility index (Phi) is 16.5. The summed E-state index contributed by atoms with van der Waals surface area (Å²) in [5.74, 6) is 0. The maximum Gasteiger partial charge on any atom is 0.248 e. The summed E-state index contributed by atoms with van der Waals surface area (Å²) in [6.45, 7) is 7.19. The van der Waals surface area contributed by atoms with E-state index in [9.17, 15) is 0 Å². The molecule has 0 amide bonds. The number of aryl methyl sites for hydroxylation is 1. The molecule has 1 rings (SSSR count). The second-order valence-corrected chi connectivity index (χ2v) is 6.88. The van der Waals surface area contributed by atoms with Crippen molar-refractivity contribution in [2.24, 2.45) is 0 Å². The van der Waals surface area contributed by atoms with Gasteiger partial charge in [-0.05, 0) is 12.8 Å². The lowest BCUT2D eigenvalue weighted by atomic mass is 10.0. The van der Waals surface area contributed by atoms with Crippen molar-refractivity contribution < 1.29 is 17.0 Å². The van der Waals surface area contributed by atoms with Gasteiger partial charge in [-0.15, -0.1) is 0 Å². The Morgan fingerprint density at radius 1 is 0.792 bits per heavy atom. The highest BCUT2D eigenvalue weighted by molar-refractivity contribution is 5.12. The maximum absolute atomic E-state index is 3.77. The number of hydrogen-bond donors (Lipinski definition) is 0. The van der Waals surface area contributed by atoms with Gasteiger partial charge in [0.15, 0.2) is 0 Å². The second kappa shape index (κ2) is 17.1. The molecule has 0 N–H and O–H groups in total. The van der Waals surface area contributed by atoms with Crippen molar-refractivity contribution in [3.8, 4) is 0 Å². The van der Waals surface area contributed by atoms with Crippen molar-refractivity contribution in [1.29, 1.82) is 0 Å². The van der Waals surface area contributed by atoms with Crippen molar-refractivity contribution >= 4 is 6.20 Å². The van der Waals surface area contributed by atoms with E-state index in [4.69, 9.17) is 0 Å². The molecule has 0 atom stereocenters. The molecule has 0 spiro atoms. The van der Waals surface area contributed by atoms with E-state index in [2.05, 4.69) is 36.8 Å². The Labute approximate surface area is 156 Å². The lowest BCUT2D eigenvalue weighted by molar-refractivity contribution is -0.696. The molecule has 0 fully saturated rings. The standard InChI is InChI=1S/C21H39N2.ClH/c1-3-5-6-7-8-9-10-11-12-13-14-15-16-17-18-23-20-19-22(4-2)21-23;/h4,19-21H,2-3,5-18H2,1H3;1H/q+1;/p-1. The summed E-state index contributed by atoms with van der Waals surface area (Å²) >= 11 is 0. The molecule has 0 saturated carbocycles. The van der Waals surface area contributed by atoms with Crippen LogP contribution in [0.4, 0.5) is 0 Å². The summed E-state index contributed by atoms with van der Waals surface area (Å²) in [6, 6.07) is 0. The molecular formula is C21H39ClN2. The Morgan fingerprint density at radius 2 is 1.25 bits per heavy atom. The van der Waals surface area contributed by atoms with Gasteiger partial charge in [0.1, 0.15) is 12.4 Å². The molecule has 0 aromatic carbocycles. The number of hydrogen-bond acceptors (Lipinski definition) is 0. The van der Waals surface area contributed by atoms with E-state index in [1.165, 1.54) is 89.9 Å². The lowest BCUT2D eigenvalue weighted by Gasteiger charge is -2.03. The van der Waals surface area contributed by atoms with Gasteiger partial charge in [0.25, 0.3) is 0 Å². The highest BCUT2D eigenvalue weighted by Gasteiger charge is 2.00. The second-order valence-electron chi connectivity index (χ2n) is 6.88. The Hall–Kier alpha value is -0.760. The number of nitrogens with zero attached hydrogens (tertiary/aromatic N) is 2. The van der Waals surface area contributed by atoms with Crippen LogP contribution in [0.5, 0.6) is 0 Å². The van der Waals surface area contributed by atoms with Gasteiger partial charge in [-0.25, -0.2) is 9.13 Å². The van der Waals surface area contributed by atoms with Gasteiger partial charge in [-0.3, -0.25) is 0 Å². The van der Waals surface area contributed by atoms with Gasteiger partial charge >= 0.3 is 0 Å². The average Bonchev–Trinajstić information content (AvgIpc) is 3.03. The minimum Gasteiger partial charge on any atom is -1.00 e. The van der Waals surface area contributed by atoms with Gasteiger partial charge in [0.05, 0.1) is 12.7 Å². The smallest absolute Gasteiger partial charge is 0.248 e. The molecule has 0 radical (unpaired) electrons. The third-order valence-electron chi connectivity index (χ3n) is 4.69. The monoisotopic (exact) mass is 354 g/mol. The minimum absolute atomic E-state index is 0. The van der Waals surface area contributed by atoms with Crippen molar-refractivity contribution in [3.05, 3.63) is 25.3 Å². The van der Waals surface area contributed by atoms with Crippen molar-refractivity contribution in [2.75, 3.05) is 0 Å². The molecule has 0 aliphatic carbocycles. The van der Waals surface area contributed by atoms with Crippen molar-refractivity contribution in [2.45, 2.75) is 103 Å². The molecular weight excluding hydrogens is 316 g/mol. The highest BCUT2D eigenvalue weighted by Crippen LogP contribution is 2.12. The summed E-state index contributed by atoms with van der Waals surface area (Å²) in [4.78, 5) is 0. The Morgan fingerprint density at radius 3 is 1.67 bits per heavy atom. The zero-order valence-electron chi connectivity index (χ0n) is 15.9. The van der Waals surface area contributed by atoms with Crippen LogP contribution >= 0.6 is 0 Å². The van der Waals surface area contributed by atoms with Crippen LogP contribution in [0, 0.1) is 0 Å². The first-order valence-electron chi connectivity index (χ1n) is 10.1. The van der Waals surface area contributed by atoms with Crippen LogP contribution in [0.2, 0.25) is 0 Å². The Bertz CT molecular complexity index is 387. The molecule has 1 aromatic heterocycles. The van der Waals surface area contributed by atoms with Crippen LogP contribution in [-0.4, -0.2) is 4.57 Å². The van der Waals surface area contributed by atoms with E-state index in [-0.39, 0.29) is 12.4 Å². The van der Waals surface area contributed by atoms with Crippen molar-refractivity contribution in [3.63, 3.8) is 0 Å². The molecule has 2 nitrogen and oxygen atoms in total. The number of aromatic nitrogens is 2. The molecule has 0 bridgehead atoms. The molecule has 0 unspecified atom stereocenters. The zero-order valence-corrected chi connectivity index (χ0v) is 16.7. The number of rotatable bonds is 16. The minimum atomic E-state index is 0. The molecule has 1 heterocycles.